The van der Waals surface area contributed by atoms with Crippen LogP contribution in [0.3, 0.4) is 0 Å². The molecular formula is C14H22N2. The molecule has 88 valence electrons. The van der Waals surface area contributed by atoms with Gasteiger partial charge in [0.25, 0.3) is 0 Å². The molecule has 0 amide bonds. The minimum atomic E-state index is 0.644. The van der Waals surface area contributed by atoms with Crippen LogP contribution in [0.2, 0.25) is 0 Å². The summed E-state index contributed by atoms with van der Waals surface area (Å²) in [4.78, 5) is 4.17. The highest BCUT2D eigenvalue weighted by Crippen LogP contribution is 2.48. The largest absolute Gasteiger partial charge is 0.312 e. The van der Waals surface area contributed by atoms with Crippen molar-refractivity contribution in [2.75, 3.05) is 6.54 Å². The first-order chi connectivity index (χ1) is 7.76. The predicted octanol–water partition coefficient (Wildman–Crippen LogP) is 3.06. The lowest BCUT2D eigenvalue weighted by Gasteiger charge is -2.15. The number of hydrogen-bond acceptors (Lipinski definition) is 2. The van der Waals surface area contributed by atoms with Crippen molar-refractivity contribution < 1.29 is 0 Å². The summed E-state index contributed by atoms with van der Waals surface area (Å²) in [5.74, 6) is 0. The highest BCUT2D eigenvalue weighted by atomic mass is 14.9. The lowest BCUT2D eigenvalue weighted by atomic mass is 10.0. The summed E-state index contributed by atoms with van der Waals surface area (Å²) in [6.07, 6.45) is 9.36. The number of aromatic nitrogens is 1. The maximum atomic E-state index is 4.17. The third-order valence-electron chi connectivity index (χ3n) is 3.70. The zero-order valence-corrected chi connectivity index (χ0v) is 10.4. The molecule has 2 rings (SSSR count). The van der Waals surface area contributed by atoms with Gasteiger partial charge in [0, 0.05) is 25.5 Å². The fourth-order valence-electron chi connectivity index (χ4n) is 2.37. The minimum Gasteiger partial charge on any atom is -0.312 e. The summed E-state index contributed by atoms with van der Waals surface area (Å²) >= 11 is 0. The third kappa shape index (κ3) is 2.82. The van der Waals surface area contributed by atoms with Crippen LogP contribution in [0.1, 0.15) is 43.7 Å². The van der Waals surface area contributed by atoms with Gasteiger partial charge in [0.15, 0.2) is 0 Å². The van der Waals surface area contributed by atoms with Gasteiger partial charge in [-0.2, -0.15) is 0 Å². The molecule has 1 aromatic rings. The lowest BCUT2D eigenvalue weighted by Crippen LogP contribution is -2.23. The molecule has 1 N–H and O–H groups in total. The number of rotatable bonds is 6. The number of aryl methyl sites for hydroxylation is 1. The Kier molecular flexibility index (Phi) is 3.59. The van der Waals surface area contributed by atoms with Crippen molar-refractivity contribution in [3.8, 4) is 0 Å². The Hall–Kier alpha value is -0.890. The van der Waals surface area contributed by atoms with Gasteiger partial charge in [-0.3, -0.25) is 4.98 Å². The molecule has 1 aliphatic carbocycles. The van der Waals surface area contributed by atoms with Crippen molar-refractivity contribution in [3.05, 3.63) is 29.6 Å². The van der Waals surface area contributed by atoms with Crippen LogP contribution in [0.25, 0.3) is 0 Å². The van der Waals surface area contributed by atoms with Gasteiger partial charge in [-0.05, 0) is 48.8 Å². The van der Waals surface area contributed by atoms with Crippen molar-refractivity contribution in [2.24, 2.45) is 5.41 Å². The second kappa shape index (κ2) is 4.96. The molecule has 1 heterocycles. The predicted molar refractivity (Wildman–Crippen MR) is 67.3 cm³/mol. The SMILES string of the molecule is CCCC1(CNCc2cnccc2C)CC1. The summed E-state index contributed by atoms with van der Waals surface area (Å²) in [5.41, 5.74) is 3.31. The normalized spacial score (nSPS) is 17.4. The first-order valence-electron chi connectivity index (χ1n) is 6.36. The van der Waals surface area contributed by atoms with Crippen molar-refractivity contribution in [3.63, 3.8) is 0 Å². The number of nitrogens with zero attached hydrogens (tertiary/aromatic N) is 1. The van der Waals surface area contributed by atoms with E-state index < -0.39 is 0 Å². The fourth-order valence-corrected chi connectivity index (χ4v) is 2.37. The Morgan fingerprint density at radius 3 is 2.88 bits per heavy atom. The molecule has 1 aliphatic rings. The fraction of sp³-hybridized carbons (Fsp3) is 0.643. The molecule has 0 unspecified atom stereocenters. The summed E-state index contributed by atoms with van der Waals surface area (Å²) in [6, 6.07) is 2.08. The second-order valence-electron chi connectivity index (χ2n) is 5.16. The van der Waals surface area contributed by atoms with Crippen LogP contribution < -0.4 is 5.32 Å². The van der Waals surface area contributed by atoms with Crippen LogP contribution >= 0.6 is 0 Å². The maximum Gasteiger partial charge on any atom is 0.0315 e. The summed E-state index contributed by atoms with van der Waals surface area (Å²) in [7, 11) is 0. The second-order valence-corrected chi connectivity index (χ2v) is 5.16. The van der Waals surface area contributed by atoms with Crippen LogP contribution in [-0.2, 0) is 6.54 Å². The zero-order valence-electron chi connectivity index (χ0n) is 10.4. The smallest absolute Gasteiger partial charge is 0.0315 e. The Morgan fingerprint density at radius 1 is 1.44 bits per heavy atom. The Balaban J connectivity index is 1.78. The van der Waals surface area contributed by atoms with E-state index >= 15 is 0 Å². The average molecular weight is 218 g/mol. The third-order valence-corrected chi connectivity index (χ3v) is 3.70. The van der Waals surface area contributed by atoms with Crippen LogP contribution in [0.4, 0.5) is 0 Å². The van der Waals surface area contributed by atoms with E-state index in [-0.39, 0.29) is 0 Å². The van der Waals surface area contributed by atoms with E-state index in [2.05, 4.69) is 30.2 Å². The van der Waals surface area contributed by atoms with E-state index in [4.69, 9.17) is 0 Å². The molecule has 0 atom stereocenters. The van der Waals surface area contributed by atoms with Gasteiger partial charge in [-0.15, -0.1) is 0 Å². The Bertz CT molecular complexity index is 342. The molecule has 1 aromatic heterocycles. The molecule has 0 aromatic carbocycles. The van der Waals surface area contributed by atoms with Gasteiger partial charge in [0.1, 0.15) is 0 Å². The van der Waals surface area contributed by atoms with Crippen LogP contribution in [0, 0.1) is 12.3 Å². The average Bonchev–Trinajstić information content (AvgIpc) is 3.02. The molecule has 0 bridgehead atoms. The van der Waals surface area contributed by atoms with Gasteiger partial charge < -0.3 is 5.32 Å². The highest BCUT2D eigenvalue weighted by molar-refractivity contribution is 5.21. The van der Waals surface area contributed by atoms with Crippen LogP contribution in [0.5, 0.6) is 0 Å². The quantitative estimate of drug-likeness (QED) is 0.793. The molecule has 0 radical (unpaired) electrons. The van der Waals surface area contributed by atoms with Crippen molar-refractivity contribution >= 4 is 0 Å². The highest BCUT2D eigenvalue weighted by Gasteiger charge is 2.40. The zero-order chi connectivity index (χ0) is 11.4. The molecule has 2 nitrogen and oxygen atoms in total. The van der Waals surface area contributed by atoms with Gasteiger partial charge in [0.05, 0.1) is 0 Å². The Morgan fingerprint density at radius 2 is 2.25 bits per heavy atom. The van der Waals surface area contributed by atoms with E-state index in [1.54, 1.807) is 0 Å². The monoisotopic (exact) mass is 218 g/mol. The van der Waals surface area contributed by atoms with E-state index in [9.17, 15) is 0 Å². The van der Waals surface area contributed by atoms with E-state index in [0.29, 0.717) is 5.41 Å². The van der Waals surface area contributed by atoms with Crippen molar-refractivity contribution in [2.45, 2.75) is 46.1 Å². The first kappa shape index (κ1) is 11.6. The van der Waals surface area contributed by atoms with Crippen LogP contribution in [0.15, 0.2) is 18.5 Å². The molecular weight excluding hydrogens is 196 g/mol. The molecule has 0 spiro atoms. The van der Waals surface area contributed by atoms with Gasteiger partial charge in [-0.25, -0.2) is 0 Å². The van der Waals surface area contributed by atoms with Gasteiger partial charge in [-0.1, -0.05) is 13.3 Å². The molecule has 1 saturated carbocycles. The number of hydrogen-bond donors (Lipinski definition) is 1. The Labute approximate surface area is 98.5 Å². The number of nitrogens with one attached hydrogen (secondary N) is 1. The van der Waals surface area contributed by atoms with E-state index in [1.165, 1.54) is 43.4 Å². The molecule has 0 saturated heterocycles. The van der Waals surface area contributed by atoms with E-state index in [1.807, 2.05) is 12.4 Å². The first-order valence-corrected chi connectivity index (χ1v) is 6.36. The standard InChI is InChI=1S/C14H22N2/c1-3-5-14(6-7-14)11-16-10-13-9-15-8-4-12(13)2/h4,8-9,16H,3,5-7,10-11H2,1-2H3. The summed E-state index contributed by atoms with van der Waals surface area (Å²) in [5, 5.41) is 3.59. The minimum absolute atomic E-state index is 0.644. The van der Waals surface area contributed by atoms with Crippen molar-refractivity contribution in [1.82, 2.24) is 10.3 Å². The molecule has 1 fully saturated rings. The van der Waals surface area contributed by atoms with Crippen molar-refractivity contribution in [1.29, 1.82) is 0 Å². The number of pyridine rings is 1. The van der Waals surface area contributed by atoms with Gasteiger partial charge >= 0.3 is 0 Å². The van der Waals surface area contributed by atoms with E-state index in [0.717, 1.165) is 6.54 Å². The lowest BCUT2D eigenvalue weighted by molar-refractivity contribution is 0.420. The maximum absolute atomic E-state index is 4.17. The molecule has 16 heavy (non-hydrogen) atoms. The molecule has 0 aliphatic heterocycles. The topological polar surface area (TPSA) is 24.9 Å². The van der Waals surface area contributed by atoms with Gasteiger partial charge in [0.2, 0.25) is 0 Å². The summed E-state index contributed by atoms with van der Waals surface area (Å²) < 4.78 is 0. The summed E-state index contributed by atoms with van der Waals surface area (Å²) in [6.45, 7) is 6.57. The van der Waals surface area contributed by atoms with Crippen LogP contribution in [-0.4, -0.2) is 11.5 Å². The molecule has 2 heteroatoms.